The quantitative estimate of drug-likeness (QED) is 0.591. The molecule has 2 unspecified atom stereocenters. The molecule has 0 amide bonds. The second kappa shape index (κ2) is 7.98. The summed E-state index contributed by atoms with van der Waals surface area (Å²) in [5.74, 6) is 6.62. The van der Waals surface area contributed by atoms with Crippen LogP contribution in [0.1, 0.15) is 25.8 Å². The van der Waals surface area contributed by atoms with Crippen LogP contribution in [-0.4, -0.2) is 17.0 Å². The maximum atomic E-state index is 5.86. The fourth-order valence-electron chi connectivity index (χ4n) is 1.47. The average Bonchev–Trinajstić information content (AvgIpc) is 2.36. The standard InChI is InChI=1S/C13H21ClN2S/c1-3-10(2)17-9-13(16-15)8-11-4-6-12(14)7-5-11/h4-7,10,13,16H,3,8-9,15H2,1-2H3. The number of hydrazine groups is 1. The first-order valence-electron chi connectivity index (χ1n) is 5.97. The molecular formula is C13H21ClN2S. The van der Waals surface area contributed by atoms with E-state index in [1.807, 2.05) is 23.9 Å². The van der Waals surface area contributed by atoms with E-state index in [0.717, 1.165) is 17.2 Å². The van der Waals surface area contributed by atoms with Gasteiger partial charge in [0.2, 0.25) is 0 Å². The summed E-state index contributed by atoms with van der Waals surface area (Å²) in [4.78, 5) is 0. The number of nitrogens with two attached hydrogens (primary N) is 1. The van der Waals surface area contributed by atoms with Crippen LogP contribution in [0.5, 0.6) is 0 Å². The second-order valence-corrected chi connectivity index (χ2v) is 6.15. The summed E-state index contributed by atoms with van der Waals surface area (Å²) in [6.45, 7) is 4.46. The fraction of sp³-hybridized carbons (Fsp3) is 0.538. The molecule has 0 aliphatic carbocycles. The Morgan fingerprint density at radius 1 is 1.35 bits per heavy atom. The summed E-state index contributed by atoms with van der Waals surface area (Å²) in [5, 5.41) is 1.47. The van der Waals surface area contributed by atoms with Gasteiger partial charge in [-0.2, -0.15) is 11.8 Å². The summed E-state index contributed by atoms with van der Waals surface area (Å²) in [7, 11) is 0. The number of hydrogen-bond acceptors (Lipinski definition) is 3. The third-order valence-corrected chi connectivity index (χ3v) is 4.54. The van der Waals surface area contributed by atoms with Gasteiger partial charge in [0.25, 0.3) is 0 Å². The monoisotopic (exact) mass is 272 g/mol. The van der Waals surface area contributed by atoms with Crippen LogP contribution in [0, 0.1) is 0 Å². The maximum Gasteiger partial charge on any atom is 0.0406 e. The Labute approximate surface area is 113 Å². The molecule has 0 aliphatic heterocycles. The summed E-state index contributed by atoms with van der Waals surface area (Å²) >= 11 is 7.82. The van der Waals surface area contributed by atoms with Gasteiger partial charge in [-0.1, -0.05) is 37.6 Å². The highest BCUT2D eigenvalue weighted by Crippen LogP contribution is 2.17. The molecule has 0 aliphatic rings. The van der Waals surface area contributed by atoms with Crippen LogP contribution in [0.25, 0.3) is 0 Å². The molecule has 96 valence electrons. The summed E-state index contributed by atoms with van der Waals surface area (Å²) in [6.07, 6.45) is 2.14. The third kappa shape index (κ3) is 5.77. The van der Waals surface area contributed by atoms with Crippen molar-refractivity contribution in [1.29, 1.82) is 0 Å². The Balaban J connectivity index is 2.43. The van der Waals surface area contributed by atoms with Crippen molar-refractivity contribution >= 4 is 23.4 Å². The van der Waals surface area contributed by atoms with Gasteiger partial charge in [0, 0.05) is 22.1 Å². The minimum Gasteiger partial charge on any atom is -0.271 e. The van der Waals surface area contributed by atoms with Gasteiger partial charge in [-0.3, -0.25) is 11.3 Å². The van der Waals surface area contributed by atoms with Gasteiger partial charge in [-0.15, -0.1) is 0 Å². The lowest BCUT2D eigenvalue weighted by Crippen LogP contribution is -2.39. The van der Waals surface area contributed by atoms with E-state index in [2.05, 4.69) is 31.4 Å². The number of thioether (sulfide) groups is 1. The molecule has 3 N–H and O–H groups in total. The van der Waals surface area contributed by atoms with Gasteiger partial charge < -0.3 is 0 Å². The van der Waals surface area contributed by atoms with Gasteiger partial charge >= 0.3 is 0 Å². The molecule has 0 spiro atoms. The minimum absolute atomic E-state index is 0.315. The van der Waals surface area contributed by atoms with Crippen LogP contribution in [-0.2, 0) is 6.42 Å². The van der Waals surface area contributed by atoms with Crippen LogP contribution < -0.4 is 11.3 Å². The largest absolute Gasteiger partial charge is 0.271 e. The molecule has 0 radical (unpaired) electrons. The first-order valence-corrected chi connectivity index (χ1v) is 7.40. The Morgan fingerprint density at radius 3 is 2.53 bits per heavy atom. The van der Waals surface area contributed by atoms with Crippen LogP contribution in [0.2, 0.25) is 5.02 Å². The first kappa shape index (κ1) is 14.8. The first-order chi connectivity index (χ1) is 8.15. The SMILES string of the molecule is CCC(C)SCC(Cc1ccc(Cl)cc1)NN. The molecule has 2 atom stereocenters. The normalized spacial score (nSPS) is 14.6. The van der Waals surface area contributed by atoms with Crippen LogP contribution >= 0.6 is 23.4 Å². The van der Waals surface area contributed by atoms with Crippen molar-refractivity contribution in [2.75, 3.05) is 5.75 Å². The van der Waals surface area contributed by atoms with Crippen molar-refractivity contribution in [3.05, 3.63) is 34.9 Å². The Kier molecular flexibility index (Phi) is 6.97. The fourth-order valence-corrected chi connectivity index (χ4v) is 2.61. The summed E-state index contributed by atoms with van der Waals surface area (Å²) in [6, 6.07) is 8.27. The zero-order chi connectivity index (χ0) is 12.7. The topological polar surface area (TPSA) is 38.0 Å². The van der Waals surface area contributed by atoms with E-state index in [-0.39, 0.29) is 0 Å². The van der Waals surface area contributed by atoms with Crippen molar-refractivity contribution in [2.24, 2.45) is 5.84 Å². The van der Waals surface area contributed by atoms with Crippen LogP contribution in [0.15, 0.2) is 24.3 Å². The van der Waals surface area contributed by atoms with E-state index in [4.69, 9.17) is 17.4 Å². The van der Waals surface area contributed by atoms with Crippen molar-refractivity contribution in [3.63, 3.8) is 0 Å². The van der Waals surface area contributed by atoms with Crippen molar-refractivity contribution in [3.8, 4) is 0 Å². The van der Waals surface area contributed by atoms with E-state index in [1.165, 1.54) is 12.0 Å². The number of nitrogens with one attached hydrogen (secondary N) is 1. The molecule has 0 saturated heterocycles. The number of hydrogen-bond donors (Lipinski definition) is 2. The molecule has 1 aromatic carbocycles. The van der Waals surface area contributed by atoms with Crippen molar-refractivity contribution in [1.82, 2.24) is 5.43 Å². The number of halogens is 1. The predicted molar refractivity (Wildman–Crippen MR) is 78.5 cm³/mol. The van der Waals surface area contributed by atoms with E-state index < -0.39 is 0 Å². The molecule has 0 aromatic heterocycles. The highest BCUT2D eigenvalue weighted by molar-refractivity contribution is 7.99. The highest BCUT2D eigenvalue weighted by atomic mass is 35.5. The second-order valence-electron chi connectivity index (χ2n) is 4.25. The molecule has 17 heavy (non-hydrogen) atoms. The molecule has 0 fully saturated rings. The molecule has 0 heterocycles. The van der Waals surface area contributed by atoms with E-state index in [0.29, 0.717) is 11.3 Å². The number of benzene rings is 1. The molecule has 1 aromatic rings. The Hall–Kier alpha value is -0.220. The summed E-state index contributed by atoms with van der Waals surface area (Å²) < 4.78 is 0. The summed E-state index contributed by atoms with van der Waals surface area (Å²) in [5.41, 5.74) is 4.16. The lowest BCUT2D eigenvalue weighted by atomic mass is 10.1. The van der Waals surface area contributed by atoms with Gasteiger partial charge in [0.15, 0.2) is 0 Å². The third-order valence-electron chi connectivity index (χ3n) is 2.79. The van der Waals surface area contributed by atoms with Gasteiger partial charge in [0.1, 0.15) is 0 Å². The lowest BCUT2D eigenvalue weighted by Gasteiger charge is -2.17. The molecule has 1 rings (SSSR count). The molecule has 2 nitrogen and oxygen atoms in total. The lowest BCUT2D eigenvalue weighted by molar-refractivity contribution is 0.574. The minimum atomic E-state index is 0.315. The van der Waals surface area contributed by atoms with Crippen LogP contribution in [0.4, 0.5) is 0 Å². The average molecular weight is 273 g/mol. The van der Waals surface area contributed by atoms with Gasteiger partial charge in [-0.25, -0.2) is 0 Å². The molecule has 0 saturated carbocycles. The van der Waals surface area contributed by atoms with Gasteiger partial charge in [0.05, 0.1) is 0 Å². The predicted octanol–water partition coefficient (Wildman–Crippen LogP) is 3.25. The smallest absolute Gasteiger partial charge is 0.0406 e. The van der Waals surface area contributed by atoms with Gasteiger partial charge in [-0.05, 0) is 30.5 Å². The molecular weight excluding hydrogens is 252 g/mol. The van der Waals surface area contributed by atoms with E-state index >= 15 is 0 Å². The maximum absolute atomic E-state index is 5.86. The zero-order valence-electron chi connectivity index (χ0n) is 10.4. The van der Waals surface area contributed by atoms with E-state index in [1.54, 1.807) is 0 Å². The Bertz CT molecular complexity index is 316. The van der Waals surface area contributed by atoms with Crippen molar-refractivity contribution < 1.29 is 0 Å². The Morgan fingerprint density at radius 2 is 2.00 bits per heavy atom. The highest BCUT2D eigenvalue weighted by Gasteiger charge is 2.10. The molecule has 4 heteroatoms. The van der Waals surface area contributed by atoms with Crippen molar-refractivity contribution in [2.45, 2.75) is 38.0 Å². The van der Waals surface area contributed by atoms with Crippen LogP contribution in [0.3, 0.4) is 0 Å². The number of rotatable bonds is 7. The zero-order valence-corrected chi connectivity index (χ0v) is 12.0. The molecule has 0 bridgehead atoms. The van der Waals surface area contributed by atoms with E-state index in [9.17, 15) is 0 Å².